The topological polar surface area (TPSA) is 17.1 Å². The molecule has 0 spiro atoms. The summed E-state index contributed by atoms with van der Waals surface area (Å²) in [6.07, 6.45) is 8.44. The molecule has 1 aliphatic carbocycles. The number of benzene rings is 1. The molecule has 0 bridgehead atoms. The lowest BCUT2D eigenvalue weighted by atomic mass is 9.94. The zero-order chi connectivity index (χ0) is 11.2. The van der Waals surface area contributed by atoms with Crippen LogP contribution in [0.15, 0.2) is 35.9 Å². The van der Waals surface area contributed by atoms with Crippen LogP contribution in [0.2, 0.25) is 0 Å². The monoisotopic (exact) mass is 214 g/mol. The Bertz CT molecular complexity index is 376. The van der Waals surface area contributed by atoms with Crippen LogP contribution in [0, 0.1) is 0 Å². The van der Waals surface area contributed by atoms with Crippen molar-refractivity contribution < 1.29 is 4.79 Å². The summed E-state index contributed by atoms with van der Waals surface area (Å²) in [7, 11) is 0. The van der Waals surface area contributed by atoms with Crippen LogP contribution in [-0.2, 0) is 4.79 Å². The van der Waals surface area contributed by atoms with Gasteiger partial charge in [-0.1, -0.05) is 43.2 Å². The van der Waals surface area contributed by atoms with E-state index in [2.05, 4.69) is 18.2 Å². The van der Waals surface area contributed by atoms with Crippen molar-refractivity contribution in [2.45, 2.75) is 38.5 Å². The predicted molar refractivity (Wildman–Crippen MR) is 67.1 cm³/mol. The van der Waals surface area contributed by atoms with Crippen LogP contribution in [0.1, 0.15) is 44.1 Å². The summed E-state index contributed by atoms with van der Waals surface area (Å²) in [5.74, 6) is 0.351. The largest absolute Gasteiger partial charge is 0.295 e. The van der Waals surface area contributed by atoms with Gasteiger partial charge in [0.1, 0.15) is 0 Å². The number of carbonyl (C=O) groups excluding carboxylic acids is 1. The number of rotatable bonds is 1. The highest BCUT2D eigenvalue weighted by Gasteiger charge is 2.11. The van der Waals surface area contributed by atoms with Crippen molar-refractivity contribution in [3.8, 4) is 0 Å². The summed E-state index contributed by atoms with van der Waals surface area (Å²) in [6.45, 7) is 0. The van der Waals surface area contributed by atoms with Crippen LogP contribution < -0.4 is 0 Å². The van der Waals surface area contributed by atoms with Crippen molar-refractivity contribution in [2.75, 3.05) is 0 Å². The van der Waals surface area contributed by atoms with E-state index >= 15 is 0 Å². The second kappa shape index (κ2) is 5.64. The molecule has 0 heterocycles. The lowest BCUT2D eigenvalue weighted by molar-refractivity contribution is -0.115. The van der Waals surface area contributed by atoms with Crippen molar-refractivity contribution in [3.05, 3.63) is 41.5 Å². The summed E-state index contributed by atoms with van der Waals surface area (Å²) in [5, 5.41) is 0. The summed E-state index contributed by atoms with van der Waals surface area (Å²) in [5.41, 5.74) is 2.16. The van der Waals surface area contributed by atoms with Crippen LogP contribution in [0.5, 0.6) is 0 Å². The first-order chi connectivity index (χ1) is 7.86. The number of hydrogen-bond donors (Lipinski definition) is 0. The Morgan fingerprint density at radius 1 is 0.875 bits per heavy atom. The van der Waals surface area contributed by atoms with Crippen LogP contribution in [0.3, 0.4) is 0 Å². The Kier molecular flexibility index (Phi) is 3.92. The normalized spacial score (nSPS) is 20.5. The summed E-state index contributed by atoms with van der Waals surface area (Å²) in [4.78, 5) is 11.9. The van der Waals surface area contributed by atoms with E-state index in [1.807, 2.05) is 18.2 Å². The molecule has 0 saturated heterocycles. The van der Waals surface area contributed by atoms with Crippen molar-refractivity contribution in [1.82, 2.24) is 0 Å². The Morgan fingerprint density at radius 3 is 2.31 bits per heavy atom. The third kappa shape index (κ3) is 3.06. The lowest BCUT2D eigenvalue weighted by Gasteiger charge is -2.11. The van der Waals surface area contributed by atoms with E-state index in [0.29, 0.717) is 5.78 Å². The third-order valence-electron chi connectivity index (χ3n) is 3.10. The SMILES string of the molecule is O=C1CCCCCC/C1=C\c1ccccc1. The van der Waals surface area contributed by atoms with Crippen LogP contribution in [0.25, 0.3) is 6.08 Å². The second-order valence-corrected chi connectivity index (χ2v) is 4.42. The van der Waals surface area contributed by atoms with Crippen molar-refractivity contribution in [3.63, 3.8) is 0 Å². The Hall–Kier alpha value is -1.37. The molecule has 0 amide bonds. The quantitative estimate of drug-likeness (QED) is 0.646. The van der Waals surface area contributed by atoms with Gasteiger partial charge in [-0.05, 0) is 36.5 Å². The third-order valence-corrected chi connectivity index (χ3v) is 3.10. The van der Waals surface area contributed by atoms with Crippen molar-refractivity contribution >= 4 is 11.9 Å². The average molecular weight is 214 g/mol. The van der Waals surface area contributed by atoms with E-state index < -0.39 is 0 Å². The van der Waals surface area contributed by atoms with Gasteiger partial charge in [-0.3, -0.25) is 4.79 Å². The molecule has 0 aromatic heterocycles. The van der Waals surface area contributed by atoms with E-state index in [4.69, 9.17) is 0 Å². The Labute approximate surface area is 97.2 Å². The van der Waals surface area contributed by atoms with Gasteiger partial charge in [0.25, 0.3) is 0 Å². The summed E-state index contributed by atoms with van der Waals surface area (Å²) >= 11 is 0. The van der Waals surface area contributed by atoms with Crippen LogP contribution in [-0.4, -0.2) is 5.78 Å². The Balaban J connectivity index is 2.16. The number of allylic oxidation sites excluding steroid dienone is 1. The molecule has 0 N–H and O–H groups in total. The fraction of sp³-hybridized carbons (Fsp3) is 0.400. The Morgan fingerprint density at radius 2 is 1.56 bits per heavy atom. The summed E-state index contributed by atoms with van der Waals surface area (Å²) in [6, 6.07) is 10.1. The molecule has 1 aromatic rings. The molecule has 1 aromatic carbocycles. The highest BCUT2D eigenvalue weighted by molar-refractivity contribution is 5.99. The molecule has 0 unspecified atom stereocenters. The van der Waals surface area contributed by atoms with Crippen molar-refractivity contribution in [1.29, 1.82) is 0 Å². The maximum atomic E-state index is 11.9. The van der Waals surface area contributed by atoms with Gasteiger partial charge in [0.05, 0.1) is 0 Å². The first-order valence-electron chi connectivity index (χ1n) is 6.15. The van der Waals surface area contributed by atoms with Gasteiger partial charge < -0.3 is 0 Å². The molecule has 16 heavy (non-hydrogen) atoms. The predicted octanol–water partition coefficient (Wildman–Crippen LogP) is 3.99. The molecule has 1 saturated carbocycles. The minimum Gasteiger partial charge on any atom is -0.295 e. The lowest BCUT2D eigenvalue weighted by Crippen LogP contribution is -2.05. The highest BCUT2D eigenvalue weighted by atomic mass is 16.1. The van der Waals surface area contributed by atoms with Gasteiger partial charge >= 0.3 is 0 Å². The van der Waals surface area contributed by atoms with Gasteiger partial charge in [0, 0.05) is 6.42 Å². The van der Waals surface area contributed by atoms with Gasteiger partial charge in [0.2, 0.25) is 0 Å². The minimum atomic E-state index is 0.351. The van der Waals surface area contributed by atoms with Crippen LogP contribution in [0.4, 0.5) is 0 Å². The first-order valence-corrected chi connectivity index (χ1v) is 6.15. The number of Topliss-reactive ketones (excluding diaryl/α,β-unsaturated/α-hetero) is 1. The average Bonchev–Trinajstić information content (AvgIpc) is 2.30. The molecule has 0 atom stereocenters. The maximum absolute atomic E-state index is 11.9. The molecule has 0 radical (unpaired) electrons. The van der Waals surface area contributed by atoms with Gasteiger partial charge in [-0.25, -0.2) is 0 Å². The highest BCUT2D eigenvalue weighted by Crippen LogP contribution is 2.21. The number of ketones is 1. The minimum absolute atomic E-state index is 0.351. The van der Waals surface area contributed by atoms with Gasteiger partial charge in [-0.2, -0.15) is 0 Å². The summed E-state index contributed by atoms with van der Waals surface area (Å²) < 4.78 is 0. The molecule has 2 rings (SSSR count). The van der Waals surface area contributed by atoms with E-state index in [-0.39, 0.29) is 0 Å². The van der Waals surface area contributed by atoms with E-state index in [1.54, 1.807) is 0 Å². The molecule has 1 fully saturated rings. The first kappa shape index (κ1) is 11.1. The zero-order valence-electron chi connectivity index (χ0n) is 9.61. The van der Waals surface area contributed by atoms with Gasteiger partial charge in [-0.15, -0.1) is 0 Å². The standard InChI is InChI=1S/C15H18O/c16-15-11-7-2-1-6-10-14(15)12-13-8-4-3-5-9-13/h3-5,8-9,12H,1-2,6-7,10-11H2/b14-12+. The number of hydrogen-bond acceptors (Lipinski definition) is 1. The number of carbonyl (C=O) groups is 1. The van der Waals surface area contributed by atoms with E-state index in [9.17, 15) is 4.79 Å². The molecule has 0 aliphatic heterocycles. The molecule has 1 aliphatic rings. The zero-order valence-corrected chi connectivity index (χ0v) is 9.61. The molecule has 1 heteroatoms. The fourth-order valence-electron chi connectivity index (χ4n) is 2.16. The smallest absolute Gasteiger partial charge is 0.158 e. The van der Waals surface area contributed by atoms with Crippen molar-refractivity contribution in [2.24, 2.45) is 0 Å². The molecular formula is C15H18O. The van der Waals surface area contributed by atoms with E-state index in [0.717, 1.165) is 36.8 Å². The maximum Gasteiger partial charge on any atom is 0.158 e. The second-order valence-electron chi connectivity index (χ2n) is 4.42. The molecule has 1 nitrogen and oxygen atoms in total. The van der Waals surface area contributed by atoms with E-state index in [1.165, 1.54) is 12.8 Å². The molecule has 84 valence electrons. The fourth-order valence-corrected chi connectivity index (χ4v) is 2.16. The van der Waals surface area contributed by atoms with Crippen LogP contribution >= 0.6 is 0 Å². The molecular weight excluding hydrogens is 196 g/mol. The van der Waals surface area contributed by atoms with Gasteiger partial charge in [0.15, 0.2) is 5.78 Å².